The molecule has 2 amide bonds. The zero-order valence-electron chi connectivity index (χ0n) is 21.4. The van der Waals surface area contributed by atoms with Crippen LogP contribution in [0.1, 0.15) is 64.2 Å². The topological polar surface area (TPSA) is 99.0 Å². The van der Waals surface area contributed by atoms with E-state index in [-0.39, 0.29) is 17.6 Å². The number of benzene rings is 2. The van der Waals surface area contributed by atoms with E-state index in [2.05, 4.69) is 30.0 Å². The highest BCUT2D eigenvalue weighted by Crippen LogP contribution is 2.55. The maximum atomic E-state index is 12.6. The zero-order valence-corrected chi connectivity index (χ0v) is 21.4. The number of nitrogens with two attached hydrogens (primary N) is 1. The molecular weight excluding hydrogens is 476 g/mol. The highest BCUT2D eigenvalue weighted by Gasteiger charge is 2.42. The van der Waals surface area contributed by atoms with Gasteiger partial charge in [0.1, 0.15) is 5.92 Å². The summed E-state index contributed by atoms with van der Waals surface area (Å²) in [5.41, 5.74) is 12.8. The van der Waals surface area contributed by atoms with Gasteiger partial charge in [-0.1, -0.05) is 36.1 Å². The van der Waals surface area contributed by atoms with Gasteiger partial charge in [0.15, 0.2) is 5.82 Å². The Hall–Kier alpha value is -4.38. The van der Waals surface area contributed by atoms with Crippen LogP contribution in [0.15, 0.2) is 42.5 Å². The van der Waals surface area contributed by atoms with Crippen LogP contribution in [0.4, 0.5) is 0 Å². The number of hydrogen-bond donors (Lipinski definition) is 1. The summed E-state index contributed by atoms with van der Waals surface area (Å²) in [7, 11) is 3.75. The summed E-state index contributed by atoms with van der Waals surface area (Å²) in [5.74, 6) is 6.73. The van der Waals surface area contributed by atoms with Gasteiger partial charge in [0.25, 0.3) is 5.91 Å². The molecule has 8 nitrogen and oxygen atoms in total. The van der Waals surface area contributed by atoms with E-state index in [0.29, 0.717) is 18.4 Å². The maximum absolute atomic E-state index is 12.6. The number of hydrogen-bond acceptors (Lipinski definition) is 4. The number of imidazole rings is 1. The molecule has 2 N–H and O–H groups in total. The van der Waals surface area contributed by atoms with Gasteiger partial charge in [-0.25, -0.2) is 4.98 Å². The van der Waals surface area contributed by atoms with Crippen LogP contribution in [-0.2, 0) is 18.4 Å². The second kappa shape index (κ2) is 8.32. The van der Waals surface area contributed by atoms with Crippen LogP contribution in [0.2, 0.25) is 0 Å². The summed E-state index contributed by atoms with van der Waals surface area (Å²) < 4.78 is 3.87. The summed E-state index contributed by atoms with van der Waals surface area (Å²) in [4.78, 5) is 31.6. The standard InChI is InChI=1S/C30H28N6O2/c1-34-12-11-18(30(34)38)9-7-17-8-10-21-19-14-20(15-19)27-26(23(21)13-17)32-29(28(31)37)36(27)16-24-22-5-3-4-6-25(22)35(2)33-24/h3-6,8,10,13,18-20H,11-12,14-16H2,1-2H3,(H2,31,37). The average Bonchev–Trinajstić information content (AvgIpc) is 3.46. The van der Waals surface area contributed by atoms with Crippen molar-refractivity contribution in [2.75, 3.05) is 13.6 Å². The van der Waals surface area contributed by atoms with E-state index in [1.165, 1.54) is 5.56 Å². The van der Waals surface area contributed by atoms with Crippen molar-refractivity contribution in [2.24, 2.45) is 18.7 Å². The first-order chi connectivity index (χ1) is 18.4. The van der Waals surface area contributed by atoms with E-state index < -0.39 is 5.91 Å². The van der Waals surface area contributed by atoms with Crippen LogP contribution in [0, 0.1) is 17.8 Å². The van der Waals surface area contributed by atoms with Gasteiger partial charge in [-0.05, 0) is 48.9 Å². The molecule has 0 radical (unpaired) electrons. The van der Waals surface area contributed by atoms with Crippen LogP contribution in [-0.4, -0.2) is 49.6 Å². The Labute approximate surface area is 220 Å². The molecule has 2 aromatic heterocycles. The second-order valence-electron chi connectivity index (χ2n) is 10.7. The predicted molar refractivity (Wildman–Crippen MR) is 143 cm³/mol. The fraction of sp³-hybridized carbons (Fsp3) is 0.333. The van der Waals surface area contributed by atoms with Crippen LogP contribution < -0.4 is 5.73 Å². The first-order valence-corrected chi connectivity index (χ1v) is 13.1. The number of rotatable bonds is 3. The van der Waals surface area contributed by atoms with Crippen molar-refractivity contribution in [3.63, 3.8) is 0 Å². The number of nitrogens with zero attached hydrogens (tertiary/aromatic N) is 5. The molecule has 3 heterocycles. The van der Waals surface area contributed by atoms with E-state index >= 15 is 0 Å². The Balaban J connectivity index is 1.34. The average molecular weight is 505 g/mol. The largest absolute Gasteiger partial charge is 0.363 e. The first kappa shape index (κ1) is 22.8. The number of amides is 2. The predicted octanol–water partition coefficient (Wildman–Crippen LogP) is 3.39. The molecule has 0 spiro atoms. The Bertz CT molecular complexity index is 1710. The van der Waals surface area contributed by atoms with Crippen molar-refractivity contribution in [1.82, 2.24) is 24.2 Å². The van der Waals surface area contributed by atoms with Gasteiger partial charge < -0.3 is 15.2 Å². The Morgan fingerprint density at radius 1 is 1.13 bits per heavy atom. The summed E-state index contributed by atoms with van der Waals surface area (Å²) in [5, 5.41) is 5.83. The smallest absolute Gasteiger partial charge is 0.284 e. The molecule has 2 aromatic carbocycles. The van der Waals surface area contributed by atoms with Gasteiger partial charge in [0.05, 0.1) is 23.4 Å². The van der Waals surface area contributed by atoms with E-state index in [0.717, 1.165) is 64.9 Å². The second-order valence-corrected chi connectivity index (χ2v) is 10.7. The van der Waals surface area contributed by atoms with Crippen molar-refractivity contribution >= 4 is 22.7 Å². The lowest BCUT2D eigenvalue weighted by atomic mass is 9.71. The summed E-state index contributed by atoms with van der Waals surface area (Å²) in [6.07, 6.45) is 2.79. The number of carbonyl (C=O) groups is 2. The molecule has 2 bridgehead atoms. The molecule has 1 aliphatic heterocycles. The van der Waals surface area contributed by atoms with Gasteiger partial charge in [-0.2, -0.15) is 5.10 Å². The number of carbonyl (C=O) groups excluding carboxylic acids is 2. The SMILES string of the molecule is CN1CCC(C#Cc2ccc3c(c2)-c2nc(C(N)=O)n(Cc4nn(C)c5ccccc45)c2C2CC3C2)C1=O. The number of fused-ring (bicyclic) bond motifs is 1. The minimum atomic E-state index is -0.546. The third-order valence-corrected chi connectivity index (χ3v) is 8.46. The number of likely N-dealkylation sites (tertiary alicyclic amines) is 1. The molecule has 38 heavy (non-hydrogen) atoms. The van der Waals surface area contributed by atoms with Gasteiger partial charge in [-0.15, -0.1) is 0 Å². The zero-order chi connectivity index (χ0) is 26.1. The molecule has 1 atom stereocenters. The van der Waals surface area contributed by atoms with Crippen molar-refractivity contribution < 1.29 is 9.59 Å². The molecular formula is C30H28N6O2. The maximum Gasteiger partial charge on any atom is 0.284 e. The number of aromatic nitrogens is 4. The fourth-order valence-corrected chi connectivity index (χ4v) is 6.40. The quantitative estimate of drug-likeness (QED) is 0.433. The van der Waals surface area contributed by atoms with Crippen LogP contribution >= 0.6 is 0 Å². The van der Waals surface area contributed by atoms with Gasteiger partial charge in [-0.3, -0.25) is 14.3 Å². The van der Waals surface area contributed by atoms with Crippen molar-refractivity contribution in [2.45, 2.75) is 37.6 Å². The Morgan fingerprint density at radius 2 is 1.95 bits per heavy atom. The fourth-order valence-electron chi connectivity index (χ4n) is 6.40. The van der Waals surface area contributed by atoms with Gasteiger partial charge >= 0.3 is 0 Å². The van der Waals surface area contributed by atoms with Crippen molar-refractivity contribution in [3.05, 3.63) is 70.8 Å². The number of primary amides is 1. The van der Waals surface area contributed by atoms with Gasteiger partial charge in [0.2, 0.25) is 5.91 Å². The molecule has 4 aliphatic rings. The minimum absolute atomic E-state index is 0.0854. The monoisotopic (exact) mass is 504 g/mol. The molecule has 1 saturated heterocycles. The minimum Gasteiger partial charge on any atom is -0.363 e. The van der Waals surface area contributed by atoms with Crippen LogP contribution in [0.5, 0.6) is 0 Å². The summed E-state index contributed by atoms with van der Waals surface area (Å²) in [6, 6.07) is 14.4. The van der Waals surface area contributed by atoms with E-state index in [1.54, 1.807) is 4.90 Å². The normalized spacial score (nSPS) is 21.4. The lowest BCUT2D eigenvalue weighted by Gasteiger charge is -2.34. The molecule has 1 saturated carbocycles. The van der Waals surface area contributed by atoms with Crippen LogP contribution in [0.3, 0.4) is 0 Å². The Morgan fingerprint density at radius 3 is 2.71 bits per heavy atom. The molecule has 3 aliphatic carbocycles. The molecule has 8 rings (SSSR count). The number of aryl methyl sites for hydroxylation is 1. The first-order valence-electron chi connectivity index (χ1n) is 13.1. The molecule has 8 heteroatoms. The molecule has 190 valence electrons. The van der Waals surface area contributed by atoms with E-state index in [9.17, 15) is 9.59 Å². The highest BCUT2D eigenvalue weighted by molar-refractivity contribution is 5.91. The van der Waals surface area contributed by atoms with Crippen LogP contribution in [0.25, 0.3) is 22.2 Å². The highest BCUT2D eigenvalue weighted by atomic mass is 16.2. The number of para-hydroxylation sites is 1. The Kier molecular flexibility index (Phi) is 4.99. The third-order valence-electron chi connectivity index (χ3n) is 8.46. The molecule has 2 fully saturated rings. The summed E-state index contributed by atoms with van der Waals surface area (Å²) in [6.45, 7) is 1.17. The molecule has 4 aromatic rings. The van der Waals surface area contributed by atoms with Gasteiger partial charge in [0, 0.05) is 48.8 Å². The van der Waals surface area contributed by atoms with Crippen molar-refractivity contribution in [3.8, 4) is 23.1 Å². The van der Waals surface area contributed by atoms with Crippen molar-refractivity contribution in [1.29, 1.82) is 0 Å². The lowest BCUT2D eigenvalue weighted by Crippen LogP contribution is -2.25. The lowest BCUT2D eigenvalue weighted by molar-refractivity contribution is -0.128. The van der Waals surface area contributed by atoms with E-state index in [1.807, 2.05) is 47.6 Å². The third kappa shape index (κ3) is 3.38. The summed E-state index contributed by atoms with van der Waals surface area (Å²) >= 11 is 0. The van der Waals surface area contributed by atoms with E-state index in [4.69, 9.17) is 15.8 Å². The molecule has 1 unspecified atom stereocenters.